The monoisotopic (exact) mass is 172 g/mol. The van der Waals surface area contributed by atoms with Crippen LogP contribution in [0.25, 0.3) is 0 Å². The van der Waals surface area contributed by atoms with Gasteiger partial charge >= 0.3 is 0 Å². The Hall–Kier alpha value is -0.0800. The van der Waals surface area contributed by atoms with Crippen LogP contribution in [-0.2, 0) is 0 Å². The van der Waals surface area contributed by atoms with E-state index in [0.717, 1.165) is 6.54 Å². The topological polar surface area (TPSA) is 24.1 Å². The molecule has 0 aromatic heterocycles. The molecule has 1 heterocycles. The Kier molecular flexibility index (Phi) is 6.39. The molecule has 12 heavy (non-hydrogen) atoms. The van der Waals surface area contributed by atoms with Gasteiger partial charge in [0.15, 0.2) is 0 Å². The van der Waals surface area contributed by atoms with E-state index in [2.05, 4.69) is 17.6 Å². The Labute approximate surface area is 77.1 Å². The first-order valence-electron chi connectivity index (χ1n) is 5.22. The molecule has 0 aromatic rings. The standard InChI is InChI=1S/C8H18N2.C2H6/c1-3-8(4-6-9-2)5-7-10-8;1-2/h9-10H,3-7H2,1-2H3;1-2H3. The van der Waals surface area contributed by atoms with Gasteiger partial charge in [-0.3, -0.25) is 0 Å². The highest BCUT2D eigenvalue weighted by Gasteiger charge is 2.33. The Bertz CT molecular complexity index is 92.5. The van der Waals surface area contributed by atoms with Gasteiger partial charge in [0.25, 0.3) is 0 Å². The smallest absolute Gasteiger partial charge is 0.0203 e. The van der Waals surface area contributed by atoms with Crippen molar-refractivity contribution in [2.24, 2.45) is 0 Å². The lowest BCUT2D eigenvalue weighted by Gasteiger charge is -2.43. The number of rotatable bonds is 4. The summed E-state index contributed by atoms with van der Waals surface area (Å²) < 4.78 is 0. The zero-order chi connectivity index (χ0) is 9.45. The van der Waals surface area contributed by atoms with E-state index in [-0.39, 0.29) is 0 Å². The van der Waals surface area contributed by atoms with Crippen LogP contribution in [-0.4, -0.2) is 25.7 Å². The second kappa shape index (κ2) is 6.44. The second-order valence-corrected chi connectivity index (χ2v) is 3.16. The number of nitrogens with one attached hydrogen (secondary N) is 2. The molecule has 0 aromatic carbocycles. The lowest BCUT2D eigenvalue weighted by atomic mass is 9.82. The maximum absolute atomic E-state index is 3.50. The first-order chi connectivity index (χ1) is 5.83. The Morgan fingerprint density at radius 2 is 2.00 bits per heavy atom. The second-order valence-electron chi connectivity index (χ2n) is 3.16. The van der Waals surface area contributed by atoms with Crippen LogP contribution in [0.1, 0.15) is 40.0 Å². The van der Waals surface area contributed by atoms with E-state index in [1.807, 2.05) is 20.9 Å². The van der Waals surface area contributed by atoms with Crippen molar-refractivity contribution in [2.75, 3.05) is 20.1 Å². The third-order valence-electron chi connectivity index (χ3n) is 2.63. The first kappa shape index (κ1) is 11.9. The summed E-state index contributed by atoms with van der Waals surface area (Å²) in [5, 5.41) is 6.69. The van der Waals surface area contributed by atoms with Crippen molar-refractivity contribution in [3.8, 4) is 0 Å². The van der Waals surface area contributed by atoms with Crippen molar-refractivity contribution in [1.82, 2.24) is 10.6 Å². The quantitative estimate of drug-likeness (QED) is 0.675. The van der Waals surface area contributed by atoms with Crippen LogP contribution in [0.15, 0.2) is 0 Å². The molecule has 1 saturated heterocycles. The minimum Gasteiger partial charge on any atom is -0.320 e. The van der Waals surface area contributed by atoms with Crippen molar-refractivity contribution < 1.29 is 0 Å². The van der Waals surface area contributed by atoms with Gasteiger partial charge in [-0.05, 0) is 39.4 Å². The molecule has 1 aliphatic heterocycles. The number of hydrogen-bond donors (Lipinski definition) is 2. The molecule has 1 fully saturated rings. The Balaban J connectivity index is 0.000000561. The summed E-state index contributed by atoms with van der Waals surface area (Å²) in [5.74, 6) is 0. The third kappa shape index (κ3) is 3.11. The molecule has 0 bridgehead atoms. The molecule has 2 heteroatoms. The fourth-order valence-corrected chi connectivity index (χ4v) is 1.53. The highest BCUT2D eigenvalue weighted by molar-refractivity contribution is 4.95. The maximum Gasteiger partial charge on any atom is 0.0203 e. The van der Waals surface area contributed by atoms with Gasteiger partial charge in [-0.2, -0.15) is 0 Å². The predicted molar refractivity (Wildman–Crippen MR) is 55.5 cm³/mol. The molecule has 2 nitrogen and oxygen atoms in total. The largest absolute Gasteiger partial charge is 0.320 e. The van der Waals surface area contributed by atoms with Crippen LogP contribution in [0.5, 0.6) is 0 Å². The molecule has 74 valence electrons. The first-order valence-corrected chi connectivity index (χ1v) is 5.22. The van der Waals surface area contributed by atoms with E-state index in [1.54, 1.807) is 0 Å². The van der Waals surface area contributed by atoms with Gasteiger partial charge < -0.3 is 10.6 Å². The normalized spacial score (nSPS) is 27.0. The van der Waals surface area contributed by atoms with Crippen LogP contribution in [0.2, 0.25) is 0 Å². The van der Waals surface area contributed by atoms with Gasteiger partial charge in [0.2, 0.25) is 0 Å². The van der Waals surface area contributed by atoms with Gasteiger partial charge in [0.1, 0.15) is 0 Å². The van der Waals surface area contributed by atoms with E-state index < -0.39 is 0 Å². The van der Waals surface area contributed by atoms with Gasteiger partial charge in [-0.15, -0.1) is 0 Å². The molecule has 0 aliphatic carbocycles. The molecule has 1 rings (SSSR count). The van der Waals surface area contributed by atoms with Crippen LogP contribution in [0.3, 0.4) is 0 Å². The van der Waals surface area contributed by atoms with Crippen LogP contribution in [0, 0.1) is 0 Å². The Morgan fingerprint density at radius 3 is 2.25 bits per heavy atom. The zero-order valence-corrected chi connectivity index (χ0v) is 9.04. The molecule has 0 amide bonds. The molecule has 0 spiro atoms. The lowest BCUT2D eigenvalue weighted by molar-refractivity contribution is 0.184. The minimum atomic E-state index is 0.503. The van der Waals surface area contributed by atoms with Crippen molar-refractivity contribution >= 4 is 0 Å². The van der Waals surface area contributed by atoms with Crippen molar-refractivity contribution in [3.63, 3.8) is 0 Å². The molecule has 1 unspecified atom stereocenters. The van der Waals surface area contributed by atoms with E-state index in [1.165, 1.54) is 25.8 Å². The summed E-state index contributed by atoms with van der Waals surface area (Å²) in [7, 11) is 2.02. The summed E-state index contributed by atoms with van der Waals surface area (Å²) >= 11 is 0. The molecular formula is C10H24N2. The van der Waals surface area contributed by atoms with Gasteiger partial charge in [-0.25, -0.2) is 0 Å². The van der Waals surface area contributed by atoms with Crippen molar-refractivity contribution in [2.45, 2.75) is 45.6 Å². The molecule has 2 N–H and O–H groups in total. The fourth-order valence-electron chi connectivity index (χ4n) is 1.53. The van der Waals surface area contributed by atoms with E-state index >= 15 is 0 Å². The zero-order valence-electron chi connectivity index (χ0n) is 9.04. The Morgan fingerprint density at radius 1 is 1.42 bits per heavy atom. The average molecular weight is 172 g/mol. The van der Waals surface area contributed by atoms with E-state index in [0.29, 0.717) is 5.54 Å². The van der Waals surface area contributed by atoms with Crippen molar-refractivity contribution in [3.05, 3.63) is 0 Å². The van der Waals surface area contributed by atoms with Crippen LogP contribution in [0.4, 0.5) is 0 Å². The fraction of sp³-hybridized carbons (Fsp3) is 1.00. The predicted octanol–water partition coefficient (Wildman–Crippen LogP) is 1.76. The van der Waals surface area contributed by atoms with Crippen LogP contribution < -0.4 is 10.6 Å². The molecular weight excluding hydrogens is 148 g/mol. The van der Waals surface area contributed by atoms with Crippen molar-refractivity contribution in [1.29, 1.82) is 0 Å². The molecule has 0 saturated carbocycles. The molecule has 0 radical (unpaired) electrons. The molecule has 1 atom stereocenters. The third-order valence-corrected chi connectivity index (χ3v) is 2.63. The van der Waals surface area contributed by atoms with E-state index in [9.17, 15) is 0 Å². The summed E-state index contributed by atoms with van der Waals surface area (Å²) in [5.41, 5.74) is 0.503. The highest BCUT2D eigenvalue weighted by atomic mass is 15.0. The van der Waals surface area contributed by atoms with Crippen LogP contribution >= 0.6 is 0 Å². The van der Waals surface area contributed by atoms with Gasteiger partial charge in [0, 0.05) is 5.54 Å². The average Bonchev–Trinajstić information content (AvgIpc) is 2.08. The maximum atomic E-state index is 3.50. The summed E-state index contributed by atoms with van der Waals surface area (Å²) in [6, 6.07) is 0. The van der Waals surface area contributed by atoms with Gasteiger partial charge in [-0.1, -0.05) is 20.8 Å². The highest BCUT2D eigenvalue weighted by Crippen LogP contribution is 2.25. The lowest BCUT2D eigenvalue weighted by Crippen LogP contribution is -2.57. The summed E-state index contributed by atoms with van der Waals surface area (Å²) in [4.78, 5) is 0. The summed E-state index contributed by atoms with van der Waals surface area (Å²) in [6.07, 6.45) is 3.92. The van der Waals surface area contributed by atoms with Gasteiger partial charge in [0.05, 0.1) is 0 Å². The SMILES string of the molecule is CC.CCC1(CCNC)CCN1. The summed E-state index contributed by atoms with van der Waals surface area (Å²) in [6.45, 7) is 8.63. The molecule has 1 aliphatic rings. The van der Waals surface area contributed by atoms with E-state index in [4.69, 9.17) is 0 Å². The number of hydrogen-bond acceptors (Lipinski definition) is 2. The minimum absolute atomic E-state index is 0.503.